The third-order valence-electron chi connectivity index (χ3n) is 2.65. The molecule has 0 spiro atoms. The Morgan fingerprint density at radius 3 is 2.75 bits per heavy atom. The minimum Gasteiger partial charge on any atom is -0.468 e. The van der Waals surface area contributed by atoms with Crippen molar-refractivity contribution in [1.29, 1.82) is 0 Å². The zero-order chi connectivity index (χ0) is 12.1. The Labute approximate surface area is 96.6 Å². The molecule has 0 aliphatic carbocycles. The average molecular weight is 224 g/mol. The number of nitrogens with zero attached hydrogens (tertiary/aromatic N) is 1. The van der Waals surface area contributed by atoms with Crippen molar-refractivity contribution in [3.05, 3.63) is 24.0 Å². The van der Waals surface area contributed by atoms with Gasteiger partial charge in [0.05, 0.1) is 7.11 Å². The zero-order valence-corrected chi connectivity index (χ0v) is 10.4. The first-order chi connectivity index (χ1) is 7.58. The molecule has 4 heteroatoms. The second kappa shape index (κ2) is 5.70. The van der Waals surface area contributed by atoms with Crippen LogP contribution >= 0.6 is 0 Å². The third kappa shape index (κ3) is 3.10. The number of carbonyl (C=O) groups is 1. The lowest BCUT2D eigenvalue weighted by Gasteiger charge is -2.18. The highest BCUT2D eigenvalue weighted by atomic mass is 16.5. The molecule has 1 rings (SSSR count). The zero-order valence-electron chi connectivity index (χ0n) is 10.4. The number of aromatic nitrogens is 1. The molecule has 0 saturated carbocycles. The quantitative estimate of drug-likeness (QED) is 0.772. The first kappa shape index (κ1) is 12.8. The van der Waals surface area contributed by atoms with Crippen molar-refractivity contribution in [2.75, 3.05) is 14.2 Å². The molecule has 1 atom stereocenters. The predicted molar refractivity (Wildman–Crippen MR) is 63.1 cm³/mol. The number of rotatable bonds is 5. The van der Waals surface area contributed by atoms with Gasteiger partial charge in [-0.2, -0.15) is 0 Å². The first-order valence-electron chi connectivity index (χ1n) is 5.48. The van der Waals surface area contributed by atoms with E-state index in [0.29, 0.717) is 12.0 Å². The summed E-state index contributed by atoms with van der Waals surface area (Å²) in [6.07, 6.45) is 3.89. The van der Waals surface area contributed by atoms with Crippen LogP contribution < -0.4 is 5.32 Å². The van der Waals surface area contributed by atoms with Gasteiger partial charge in [-0.15, -0.1) is 0 Å². The summed E-state index contributed by atoms with van der Waals surface area (Å²) < 4.78 is 6.46. The average Bonchev–Trinajstić information content (AvgIpc) is 2.66. The van der Waals surface area contributed by atoms with Crippen molar-refractivity contribution in [2.45, 2.75) is 26.4 Å². The van der Waals surface area contributed by atoms with Gasteiger partial charge in [-0.3, -0.25) is 4.79 Å². The van der Waals surface area contributed by atoms with E-state index in [-0.39, 0.29) is 12.5 Å². The Bertz CT molecular complexity index is 345. The van der Waals surface area contributed by atoms with Crippen molar-refractivity contribution >= 4 is 5.97 Å². The van der Waals surface area contributed by atoms with Crippen LogP contribution in [0, 0.1) is 5.92 Å². The number of esters is 1. The highest BCUT2D eigenvalue weighted by molar-refractivity contribution is 5.68. The molecule has 0 amide bonds. The number of carbonyl (C=O) groups excluding carboxylic acids is 1. The maximum Gasteiger partial charge on any atom is 0.325 e. The van der Waals surface area contributed by atoms with Crippen LogP contribution in [0.15, 0.2) is 18.5 Å². The van der Waals surface area contributed by atoms with Crippen LogP contribution in [0.25, 0.3) is 0 Å². The summed E-state index contributed by atoms with van der Waals surface area (Å²) in [5, 5.41) is 3.27. The number of hydrogen-bond donors (Lipinski definition) is 1. The Morgan fingerprint density at radius 1 is 1.56 bits per heavy atom. The largest absolute Gasteiger partial charge is 0.468 e. The Hall–Kier alpha value is -1.29. The molecule has 1 N–H and O–H groups in total. The summed E-state index contributed by atoms with van der Waals surface area (Å²) in [5.74, 6) is 0.284. The smallest absolute Gasteiger partial charge is 0.325 e. The van der Waals surface area contributed by atoms with Gasteiger partial charge in [0.15, 0.2) is 0 Å². The van der Waals surface area contributed by atoms with Crippen LogP contribution in [0.1, 0.15) is 25.5 Å². The highest BCUT2D eigenvalue weighted by Crippen LogP contribution is 2.21. The van der Waals surface area contributed by atoms with Crippen LogP contribution in [0.5, 0.6) is 0 Å². The van der Waals surface area contributed by atoms with Crippen molar-refractivity contribution in [1.82, 2.24) is 9.88 Å². The fourth-order valence-electron chi connectivity index (χ4n) is 1.84. The van der Waals surface area contributed by atoms with Gasteiger partial charge < -0.3 is 14.6 Å². The van der Waals surface area contributed by atoms with Gasteiger partial charge in [0, 0.05) is 18.4 Å². The van der Waals surface area contributed by atoms with Crippen molar-refractivity contribution in [3.8, 4) is 0 Å². The second-order valence-corrected chi connectivity index (χ2v) is 4.20. The monoisotopic (exact) mass is 224 g/mol. The molecule has 1 unspecified atom stereocenters. The van der Waals surface area contributed by atoms with Gasteiger partial charge in [0.1, 0.15) is 6.54 Å². The molecule has 0 saturated heterocycles. The Kier molecular flexibility index (Phi) is 4.55. The molecule has 0 fully saturated rings. The van der Waals surface area contributed by atoms with Gasteiger partial charge in [0.25, 0.3) is 0 Å². The fourth-order valence-corrected chi connectivity index (χ4v) is 1.84. The first-order valence-corrected chi connectivity index (χ1v) is 5.48. The molecule has 1 aromatic heterocycles. The maximum absolute atomic E-state index is 11.1. The number of nitrogens with one attached hydrogen (secondary N) is 1. The van der Waals surface area contributed by atoms with E-state index in [4.69, 9.17) is 0 Å². The van der Waals surface area contributed by atoms with Crippen LogP contribution in [-0.2, 0) is 16.1 Å². The molecule has 1 heterocycles. The van der Waals surface area contributed by atoms with Crippen molar-refractivity contribution in [2.24, 2.45) is 5.92 Å². The molecular weight excluding hydrogens is 204 g/mol. The number of hydrogen-bond acceptors (Lipinski definition) is 3. The van der Waals surface area contributed by atoms with Gasteiger partial charge in [-0.1, -0.05) is 13.8 Å². The summed E-state index contributed by atoms with van der Waals surface area (Å²) in [4.78, 5) is 11.1. The molecule has 0 aliphatic heterocycles. The minimum atomic E-state index is -0.229. The van der Waals surface area contributed by atoms with Gasteiger partial charge in [-0.05, 0) is 24.6 Å². The van der Waals surface area contributed by atoms with E-state index in [2.05, 4.69) is 23.9 Å². The predicted octanol–water partition coefficient (Wildman–Crippen LogP) is 1.58. The molecule has 4 nitrogen and oxygen atoms in total. The third-order valence-corrected chi connectivity index (χ3v) is 2.65. The molecule has 1 aromatic rings. The van der Waals surface area contributed by atoms with Crippen LogP contribution in [0.4, 0.5) is 0 Å². The van der Waals surface area contributed by atoms with Crippen LogP contribution in [0.2, 0.25) is 0 Å². The molecule has 0 aliphatic rings. The fraction of sp³-hybridized carbons (Fsp3) is 0.583. The highest BCUT2D eigenvalue weighted by Gasteiger charge is 2.14. The second-order valence-electron chi connectivity index (χ2n) is 4.20. The summed E-state index contributed by atoms with van der Waals surface area (Å²) in [6, 6.07) is 2.35. The van der Waals surface area contributed by atoms with E-state index in [1.54, 1.807) is 0 Å². The standard InChI is InChI=1S/C12H20N2O2/c1-9(2)12(13-3)10-5-6-14(7-10)8-11(15)16-4/h5-7,9,12-13H,8H2,1-4H3. The molecular formula is C12H20N2O2. The molecule has 0 aromatic carbocycles. The lowest BCUT2D eigenvalue weighted by molar-refractivity contribution is -0.141. The van der Waals surface area contributed by atoms with E-state index in [9.17, 15) is 4.79 Å². The lowest BCUT2D eigenvalue weighted by Crippen LogP contribution is -2.21. The van der Waals surface area contributed by atoms with Crippen LogP contribution in [-0.4, -0.2) is 24.7 Å². The maximum atomic E-state index is 11.1. The SMILES string of the molecule is CNC(c1ccn(CC(=O)OC)c1)C(C)C. The van der Waals surface area contributed by atoms with Gasteiger partial charge in [-0.25, -0.2) is 0 Å². The van der Waals surface area contributed by atoms with Crippen molar-refractivity contribution < 1.29 is 9.53 Å². The number of methoxy groups -OCH3 is 1. The Balaban J connectivity index is 2.73. The topological polar surface area (TPSA) is 43.3 Å². The summed E-state index contributed by atoms with van der Waals surface area (Å²) in [7, 11) is 3.35. The van der Waals surface area contributed by atoms with Crippen molar-refractivity contribution in [3.63, 3.8) is 0 Å². The molecule has 0 bridgehead atoms. The molecule has 90 valence electrons. The van der Waals surface area contributed by atoms with E-state index < -0.39 is 0 Å². The summed E-state index contributed by atoms with van der Waals surface area (Å²) in [6.45, 7) is 4.60. The lowest BCUT2D eigenvalue weighted by atomic mass is 9.99. The Morgan fingerprint density at radius 2 is 2.25 bits per heavy atom. The normalized spacial score (nSPS) is 12.8. The van der Waals surface area contributed by atoms with Crippen LogP contribution in [0.3, 0.4) is 0 Å². The molecule has 16 heavy (non-hydrogen) atoms. The minimum absolute atomic E-state index is 0.229. The summed E-state index contributed by atoms with van der Waals surface area (Å²) >= 11 is 0. The van der Waals surface area contributed by atoms with E-state index in [1.807, 2.05) is 30.1 Å². The van der Waals surface area contributed by atoms with Gasteiger partial charge in [0.2, 0.25) is 0 Å². The van der Waals surface area contributed by atoms with E-state index in [1.165, 1.54) is 12.7 Å². The van der Waals surface area contributed by atoms with E-state index >= 15 is 0 Å². The molecule has 0 radical (unpaired) electrons. The van der Waals surface area contributed by atoms with Gasteiger partial charge >= 0.3 is 5.97 Å². The van der Waals surface area contributed by atoms with E-state index in [0.717, 1.165) is 0 Å². The summed E-state index contributed by atoms with van der Waals surface area (Å²) in [5.41, 5.74) is 1.20. The number of ether oxygens (including phenoxy) is 1.